The number of H-pyrrole nitrogens is 2. The molecule has 0 bridgehead atoms. The number of nitrogens with one attached hydrogen (secondary N) is 2. The van der Waals surface area contributed by atoms with Crippen LogP contribution in [0.3, 0.4) is 0 Å². The van der Waals surface area contributed by atoms with Gasteiger partial charge < -0.3 is 10.1 Å². The number of carbonyl (C=O) groups is 1. The maximum absolute atomic E-state index is 11.9. The fourth-order valence-corrected chi connectivity index (χ4v) is 2.57. The van der Waals surface area contributed by atoms with Crippen LogP contribution in [0.15, 0.2) is 47.5 Å². The number of rotatable bonds is 3. The van der Waals surface area contributed by atoms with Crippen molar-refractivity contribution >= 4 is 18.2 Å². The first-order chi connectivity index (χ1) is 12.0. The van der Waals surface area contributed by atoms with Crippen molar-refractivity contribution in [3.8, 4) is 28.5 Å². The molecule has 0 aliphatic carbocycles. The smallest absolute Gasteiger partial charge is 0.337 e. The van der Waals surface area contributed by atoms with Gasteiger partial charge in [0.1, 0.15) is 11.6 Å². The van der Waals surface area contributed by atoms with Gasteiger partial charge in [0, 0.05) is 23.5 Å². The van der Waals surface area contributed by atoms with Gasteiger partial charge in [0.15, 0.2) is 4.77 Å². The number of aromatic amines is 2. The predicted octanol–water partition coefficient (Wildman–Crippen LogP) is 2.73. The molecule has 0 amide bonds. The van der Waals surface area contributed by atoms with Crippen molar-refractivity contribution in [2.45, 2.75) is 0 Å². The molecule has 0 saturated heterocycles. The van der Waals surface area contributed by atoms with E-state index in [1.54, 1.807) is 24.3 Å². The molecule has 25 heavy (non-hydrogen) atoms. The van der Waals surface area contributed by atoms with Gasteiger partial charge in [0.25, 0.3) is 5.56 Å². The number of nitriles is 1. The molecule has 1 aromatic carbocycles. The Hall–Kier alpha value is -3.57. The van der Waals surface area contributed by atoms with Crippen LogP contribution in [0.2, 0.25) is 0 Å². The van der Waals surface area contributed by atoms with E-state index in [4.69, 9.17) is 17.3 Å². The fourth-order valence-electron chi connectivity index (χ4n) is 2.38. The Bertz CT molecular complexity index is 1140. The van der Waals surface area contributed by atoms with Gasteiger partial charge in [-0.1, -0.05) is 18.2 Å². The van der Waals surface area contributed by atoms with E-state index < -0.39 is 11.5 Å². The van der Waals surface area contributed by atoms with E-state index in [1.165, 1.54) is 18.5 Å². The number of carboxylic acid groups (broad SMARTS) is 1. The molecule has 2 heterocycles. The topological polar surface area (TPSA) is 123 Å². The van der Waals surface area contributed by atoms with E-state index in [0.717, 1.165) is 0 Å². The highest BCUT2D eigenvalue weighted by atomic mass is 32.1. The second-order valence-corrected chi connectivity index (χ2v) is 5.53. The monoisotopic (exact) mass is 350 g/mol. The highest BCUT2D eigenvalue weighted by Crippen LogP contribution is 2.26. The van der Waals surface area contributed by atoms with Gasteiger partial charge in [-0.25, -0.2) is 4.79 Å². The van der Waals surface area contributed by atoms with Crippen molar-refractivity contribution in [1.82, 2.24) is 15.0 Å². The van der Waals surface area contributed by atoms with Crippen molar-refractivity contribution in [2.24, 2.45) is 0 Å². The third-order valence-electron chi connectivity index (χ3n) is 3.52. The van der Waals surface area contributed by atoms with E-state index in [1.807, 2.05) is 6.07 Å². The molecule has 122 valence electrons. The Morgan fingerprint density at radius 2 is 1.92 bits per heavy atom. The van der Waals surface area contributed by atoms with Crippen LogP contribution >= 0.6 is 12.2 Å². The lowest BCUT2D eigenvalue weighted by Gasteiger charge is -2.07. The van der Waals surface area contributed by atoms with Crippen molar-refractivity contribution in [2.75, 3.05) is 0 Å². The van der Waals surface area contributed by atoms with Crippen molar-refractivity contribution in [3.63, 3.8) is 0 Å². The van der Waals surface area contributed by atoms with Crippen LogP contribution in [0.1, 0.15) is 15.9 Å². The first-order valence-electron chi connectivity index (χ1n) is 7.05. The maximum atomic E-state index is 11.9. The van der Waals surface area contributed by atoms with Crippen LogP contribution in [0.4, 0.5) is 0 Å². The third-order valence-corrected chi connectivity index (χ3v) is 3.73. The van der Waals surface area contributed by atoms with Crippen LogP contribution in [-0.2, 0) is 0 Å². The molecule has 8 heteroatoms. The molecular formula is C17H10N4O3S. The molecule has 0 unspecified atom stereocenters. The number of hydrogen-bond donors (Lipinski definition) is 3. The molecule has 2 aromatic heterocycles. The largest absolute Gasteiger partial charge is 0.478 e. The number of aromatic nitrogens is 3. The van der Waals surface area contributed by atoms with Crippen LogP contribution in [0, 0.1) is 16.1 Å². The number of aromatic carboxylic acids is 1. The molecule has 0 atom stereocenters. The van der Waals surface area contributed by atoms with Gasteiger partial charge in [0.05, 0.1) is 11.3 Å². The fraction of sp³-hybridized carbons (Fsp3) is 0. The summed E-state index contributed by atoms with van der Waals surface area (Å²) < 4.78 is 0.110. The summed E-state index contributed by atoms with van der Waals surface area (Å²) in [5.74, 6) is -1.07. The van der Waals surface area contributed by atoms with E-state index in [0.29, 0.717) is 22.4 Å². The molecule has 0 aliphatic rings. The van der Waals surface area contributed by atoms with Crippen molar-refractivity contribution < 1.29 is 9.90 Å². The Morgan fingerprint density at radius 3 is 2.64 bits per heavy atom. The zero-order valence-electron chi connectivity index (χ0n) is 12.6. The SMILES string of the molecule is N#Cc1c(-c2cccc(-c3cncc(C(=O)O)c3)c2)[nH]c(=S)[nH]c1=O. The summed E-state index contributed by atoms with van der Waals surface area (Å²) in [6.45, 7) is 0. The van der Waals surface area contributed by atoms with Crippen LogP contribution in [0.25, 0.3) is 22.4 Å². The molecular weight excluding hydrogens is 340 g/mol. The van der Waals surface area contributed by atoms with Gasteiger partial charge in [-0.2, -0.15) is 5.26 Å². The van der Waals surface area contributed by atoms with Crippen LogP contribution < -0.4 is 5.56 Å². The first kappa shape index (κ1) is 16.3. The summed E-state index contributed by atoms with van der Waals surface area (Å²) in [7, 11) is 0. The van der Waals surface area contributed by atoms with E-state index in [2.05, 4.69) is 15.0 Å². The molecule has 7 nitrogen and oxygen atoms in total. The molecule has 0 radical (unpaired) electrons. The van der Waals surface area contributed by atoms with Gasteiger partial charge >= 0.3 is 5.97 Å². The minimum Gasteiger partial charge on any atom is -0.478 e. The number of pyridine rings is 1. The summed E-state index contributed by atoms with van der Waals surface area (Å²) >= 11 is 4.97. The number of carboxylic acids is 1. The third kappa shape index (κ3) is 3.22. The number of benzene rings is 1. The van der Waals surface area contributed by atoms with Gasteiger partial charge in [-0.3, -0.25) is 14.8 Å². The zero-order valence-corrected chi connectivity index (χ0v) is 13.4. The normalized spacial score (nSPS) is 10.2. The van der Waals surface area contributed by atoms with Crippen LogP contribution in [-0.4, -0.2) is 26.0 Å². The quantitative estimate of drug-likeness (QED) is 0.624. The maximum Gasteiger partial charge on any atom is 0.337 e. The molecule has 3 aromatic rings. The van der Waals surface area contributed by atoms with E-state index in [9.17, 15) is 14.9 Å². The Kier molecular flexibility index (Phi) is 4.24. The first-order valence-corrected chi connectivity index (χ1v) is 7.46. The number of nitrogens with zero attached hydrogens (tertiary/aromatic N) is 2. The van der Waals surface area contributed by atoms with Gasteiger partial charge in [0.2, 0.25) is 0 Å². The summed E-state index contributed by atoms with van der Waals surface area (Å²) in [6.07, 6.45) is 2.80. The lowest BCUT2D eigenvalue weighted by molar-refractivity contribution is 0.0696. The molecule has 3 N–H and O–H groups in total. The zero-order chi connectivity index (χ0) is 18.0. The van der Waals surface area contributed by atoms with Crippen LogP contribution in [0.5, 0.6) is 0 Å². The Labute approximate surface area is 146 Å². The van der Waals surface area contributed by atoms with Crippen molar-refractivity contribution in [1.29, 1.82) is 5.26 Å². The van der Waals surface area contributed by atoms with Crippen molar-refractivity contribution in [3.05, 3.63) is 69.0 Å². The predicted molar refractivity (Wildman–Crippen MR) is 92.6 cm³/mol. The summed E-state index contributed by atoms with van der Waals surface area (Å²) in [5, 5.41) is 18.3. The lowest BCUT2D eigenvalue weighted by Crippen LogP contribution is -2.13. The number of hydrogen-bond acceptors (Lipinski definition) is 5. The molecule has 0 spiro atoms. The van der Waals surface area contributed by atoms with E-state index >= 15 is 0 Å². The second-order valence-electron chi connectivity index (χ2n) is 5.12. The highest BCUT2D eigenvalue weighted by Gasteiger charge is 2.12. The van der Waals surface area contributed by atoms with Gasteiger partial charge in [-0.15, -0.1) is 0 Å². The average molecular weight is 350 g/mol. The Balaban J connectivity index is 2.18. The average Bonchev–Trinajstić information content (AvgIpc) is 2.61. The van der Waals surface area contributed by atoms with E-state index in [-0.39, 0.29) is 15.9 Å². The Morgan fingerprint density at radius 1 is 1.16 bits per heavy atom. The second kappa shape index (κ2) is 6.51. The minimum absolute atomic E-state index is 0.0659. The molecule has 0 aliphatic heterocycles. The lowest BCUT2D eigenvalue weighted by atomic mass is 10.0. The highest BCUT2D eigenvalue weighted by molar-refractivity contribution is 7.71. The summed E-state index contributed by atoms with van der Waals surface area (Å²) in [6, 6.07) is 10.3. The molecule has 3 rings (SSSR count). The van der Waals surface area contributed by atoms with Gasteiger partial charge in [-0.05, 0) is 29.9 Å². The molecule has 0 saturated carbocycles. The minimum atomic E-state index is -1.07. The summed E-state index contributed by atoms with van der Waals surface area (Å²) in [5.41, 5.74) is 1.59. The summed E-state index contributed by atoms with van der Waals surface area (Å²) in [4.78, 5) is 32.1. The standard InChI is InChI=1S/C17H10N4O3S/c18-6-13-14(20-17(25)21-15(13)22)10-3-1-2-9(4-10)11-5-12(16(23)24)8-19-7-11/h1-5,7-8H,(H,23,24)(H2,20,21,22,25). The molecule has 0 fully saturated rings.